The molecular formula is C12H13BrClN3O2S. The van der Waals surface area contributed by atoms with E-state index in [9.17, 15) is 8.42 Å². The molecular weight excluding hydrogens is 366 g/mol. The minimum atomic E-state index is -3.94. The zero-order valence-electron chi connectivity index (χ0n) is 11.1. The fraction of sp³-hybridized carbons (Fsp3) is 0.333. The van der Waals surface area contributed by atoms with Crippen LogP contribution < -0.4 is 0 Å². The molecule has 1 aromatic heterocycles. The average Bonchev–Trinajstić information content (AvgIpc) is 2.71. The Kier molecular flexibility index (Phi) is 4.22. The minimum Gasteiger partial charge on any atom is -0.294 e. The molecule has 0 aliphatic carbocycles. The number of hydrogen-bond donors (Lipinski definition) is 0. The Morgan fingerprint density at radius 3 is 2.40 bits per heavy atom. The third-order valence-electron chi connectivity index (χ3n) is 2.70. The number of hydrogen-bond acceptors (Lipinski definition) is 4. The second-order valence-electron chi connectivity index (χ2n) is 4.73. The maximum atomic E-state index is 11.6. The van der Waals surface area contributed by atoms with E-state index < -0.39 is 9.05 Å². The van der Waals surface area contributed by atoms with Crippen LogP contribution in [0.25, 0.3) is 11.4 Å². The maximum absolute atomic E-state index is 11.6. The monoisotopic (exact) mass is 377 g/mol. The van der Waals surface area contributed by atoms with Gasteiger partial charge >= 0.3 is 0 Å². The summed E-state index contributed by atoms with van der Waals surface area (Å²) in [5.41, 5.74) is 1.81. The van der Waals surface area contributed by atoms with Gasteiger partial charge < -0.3 is 0 Å². The number of rotatable bonds is 3. The Balaban J connectivity index is 2.72. The van der Waals surface area contributed by atoms with E-state index in [1.165, 1.54) is 4.57 Å². The summed E-state index contributed by atoms with van der Waals surface area (Å²) in [6, 6.07) is 5.60. The molecule has 1 aromatic carbocycles. The normalized spacial score (nSPS) is 12.1. The van der Waals surface area contributed by atoms with Crippen LogP contribution in [0, 0.1) is 6.92 Å². The summed E-state index contributed by atoms with van der Waals surface area (Å²) in [5, 5.41) is 7.47. The van der Waals surface area contributed by atoms with Crippen LogP contribution in [0.5, 0.6) is 0 Å². The van der Waals surface area contributed by atoms with Crippen molar-refractivity contribution in [2.45, 2.75) is 32.0 Å². The molecule has 0 aliphatic rings. The van der Waals surface area contributed by atoms with Crippen LogP contribution in [0.2, 0.25) is 0 Å². The molecule has 2 aromatic rings. The lowest BCUT2D eigenvalue weighted by Crippen LogP contribution is -2.10. The van der Waals surface area contributed by atoms with Crippen molar-refractivity contribution in [2.75, 3.05) is 0 Å². The molecule has 8 heteroatoms. The lowest BCUT2D eigenvalue weighted by molar-refractivity contribution is 0.530. The smallest absolute Gasteiger partial charge is 0.294 e. The first-order valence-electron chi connectivity index (χ1n) is 5.87. The van der Waals surface area contributed by atoms with E-state index in [1.807, 2.05) is 39.0 Å². The SMILES string of the molecule is Cc1cc(Br)cc(-c2nnc(S(=O)(=O)Cl)n2C(C)C)c1. The van der Waals surface area contributed by atoms with Crippen molar-refractivity contribution in [3.8, 4) is 11.4 Å². The summed E-state index contributed by atoms with van der Waals surface area (Å²) in [7, 11) is 1.47. The highest BCUT2D eigenvalue weighted by atomic mass is 79.9. The average molecular weight is 379 g/mol. The van der Waals surface area contributed by atoms with Crippen molar-refractivity contribution in [3.05, 3.63) is 28.2 Å². The van der Waals surface area contributed by atoms with Gasteiger partial charge in [0, 0.05) is 26.8 Å². The zero-order chi connectivity index (χ0) is 15.1. The lowest BCUT2D eigenvalue weighted by atomic mass is 10.1. The van der Waals surface area contributed by atoms with Crippen LogP contribution in [0.1, 0.15) is 25.5 Å². The van der Waals surface area contributed by atoms with Gasteiger partial charge in [0.25, 0.3) is 14.2 Å². The van der Waals surface area contributed by atoms with E-state index in [2.05, 4.69) is 26.1 Å². The molecule has 0 aliphatic heterocycles. The molecule has 0 N–H and O–H groups in total. The van der Waals surface area contributed by atoms with Crippen LogP contribution in [0.3, 0.4) is 0 Å². The number of aromatic nitrogens is 3. The Bertz CT molecular complexity index is 736. The highest BCUT2D eigenvalue weighted by molar-refractivity contribution is 9.10. The minimum absolute atomic E-state index is 0.136. The van der Waals surface area contributed by atoms with Gasteiger partial charge in [-0.1, -0.05) is 15.9 Å². The van der Waals surface area contributed by atoms with Gasteiger partial charge in [-0.2, -0.15) is 0 Å². The molecule has 0 radical (unpaired) electrons. The zero-order valence-corrected chi connectivity index (χ0v) is 14.3. The van der Waals surface area contributed by atoms with E-state index in [0.717, 1.165) is 15.6 Å². The van der Waals surface area contributed by atoms with E-state index in [1.54, 1.807) is 0 Å². The molecule has 0 saturated carbocycles. The van der Waals surface area contributed by atoms with Crippen molar-refractivity contribution in [3.63, 3.8) is 0 Å². The summed E-state index contributed by atoms with van der Waals surface area (Å²) < 4.78 is 25.5. The van der Waals surface area contributed by atoms with Crippen LogP contribution in [-0.4, -0.2) is 23.2 Å². The Labute approximate surface area is 130 Å². The summed E-state index contributed by atoms with van der Waals surface area (Å²) in [5.74, 6) is 0.476. The maximum Gasteiger partial charge on any atom is 0.296 e. The van der Waals surface area contributed by atoms with Crippen LogP contribution in [0.15, 0.2) is 27.8 Å². The Morgan fingerprint density at radius 1 is 1.25 bits per heavy atom. The number of aryl methyl sites for hydroxylation is 1. The van der Waals surface area contributed by atoms with Gasteiger partial charge in [0.15, 0.2) is 5.82 Å². The molecule has 20 heavy (non-hydrogen) atoms. The molecule has 2 rings (SSSR count). The highest BCUT2D eigenvalue weighted by Crippen LogP contribution is 2.28. The van der Waals surface area contributed by atoms with Gasteiger partial charge in [0.05, 0.1) is 0 Å². The van der Waals surface area contributed by atoms with Crippen LogP contribution in [-0.2, 0) is 9.05 Å². The molecule has 5 nitrogen and oxygen atoms in total. The molecule has 0 spiro atoms. The molecule has 0 amide bonds. The van der Waals surface area contributed by atoms with E-state index in [4.69, 9.17) is 10.7 Å². The molecule has 0 bridgehead atoms. The van der Waals surface area contributed by atoms with E-state index in [0.29, 0.717) is 5.82 Å². The third-order valence-corrected chi connectivity index (χ3v) is 4.29. The summed E-state index contributed by atoms with van der Waals surface area (Å²) in [6.45, 7) is 5.65. The molecule has 0 atom stereocenters. The van der Waals surface area contributed by atoms with Crippen molar-refractivity contribution < 1.29 is 8.42 Å². The molecule has 0 fully saturated rings. The van der Waals surface area contributed by atoms with Crippen molar-refractivity contribution in [1.82, 2.24) is 14.8 Å². The number of halogens is 2. The topological polar surface area (TPSA) is 64.8 Å². The molecule has 0 unspecified atom stereocenters. The summed E-state index contributed by atoms with van der Waals surface area (Å²) in [4.78, 5) is 0. The van der Waals surface area contributed by atoms with Gasteiger partial charge in [-0.3, -0.25) is 4.57 Å². The van der Waals surface area contributed by atoms with Gasteiger partial charge in [-0.05, 0) is 44.5 Å². The van der Waals surface area contributed by atoms with E-state index >= 15 is 0 Å². The molecule has 0 saturated heterocycles. The summed E-state index contributed by atoms with van der Waals surface area (Å²) in [6.07, 6.45) is 0. The predicted molar refractivity (Wildman–Crippen MR) is 81.3 cm³/mol. The first-order chi connectivity index (χ1) is 9.20. The predicted octanol–water partition coefficient (Wildman–Crippen LogP) is 3.52. The van der Waals surface area contributed by atoms with Gasteiger partial charge in [0.2, 0.25) is 0 Å². The molecule has 108 valence electrons. The molecule has 1 heterocycles. The second-order valence-corrected chi connectivity index (χ2v) is 8.10. The fourth-order valence-electron chi connectivity index (χ4n) is 1.97. The van der Waals surface area contributed by atoms with Crippen molar-refractivity contribution in [1.29, 1.82) is 0 Å². The van der Waals surface area contributed by atoms with Crippen LogP contribution >= 0.6 is 26.6 Å². The second kappa shape index (κ2) is 5.46. The van der Waals surface area contributed by atoms with Crippen LogP contribution in [0.4, 0.5) is 0 Å². The standard InChI is InChI=1S/C12H13BrClN3O2S/c1-7(2)17-11(15-16-12(17)20(14,18)19)9-4-8(3)5-10(13)6-9/h4-7H,1-3H3. The third kappa shape index (κ3) is 3.05. The highest BCUT2D eigenvalue weighted by Gasteiger charge is 2.25. The largest absolute Gasteiger partial charge is 0.296 e. The summed E-state index contributed by atoms with van der Waals surface area (Å²) >= 11 is 3.42. The lowest BCUT2D eigenvalue weighted by Gasteiger charge is -2.13. The van der Waals surface area contributed by atoms with Gasteiger partial charge in [0.1, 0.15) is 0 Å². The van der Waals surface area contributed by atoms with Gasteiger partial charge in [-0.25, -0.2) is 8.42 Å². The quantitative estimate of drug-likeness (QED) is 0.766. The first-order valence-corrected chi connectivity index (χ1v) is 8.97. The van der Waals surface area contributed by atoms with E-state index in [-0.39, 0.29) is 11.2 Å². The number of benzene rings is 1. The Morgan fingerprint density at radius 2 is 1.90 bits per heavy atom. The first kappa shape index (κ1) is 15.5. The fourth-order valence-corrected chi connectivity index (χ4v) is 3.56. The van der Waals surface area contributed by atoms with Crippen molar-refractivity contribution >= 4 is 35.7 Å². The Hall–Kier alpha value is -0.920. The number of nitrogens with zero attached hydrogens (tertiary/aromatic N) is 3. The van der Waals surface area contributed by atoms with Gasteiger partial charge in [-0.15, -0.1) is 10.2 Å². The van der Waals surface area contributed by atoms with Crippen molar-refractivity contribution in [2.24, 2.45) is 0 Å².